The molecule has 3 aromatic heterocycles. The van der Waals surface area contributed by atoms with Gasteiger partial charge in [0.2, 0.25) is 0 Å². The normalized spacial score (nSPS) is 20.3. The molecule has 41 heavy (non-hydrogen) atoms. The lowest BCUT2D eigenvalue weighted by molar-refractivity contribution is 0.0260. The van der Waals surface area contributed by atoms with Crippen molar-refractivity contribution in [2.24, 2.45) is 0 Å². The molecule has 0 unspecified atom stereocenters. The van der Waals surface area contributed by atoms with E-state index in [0.717, 1.165) is 72.5 Å². The number of piperazine rings is 1. The maximum Gasteiger partial charge on any atom is 0.148 e. The number of ether oxygens (including phenoxy) is 2. The molecule has 3 saturated heterocycles. The summed E-state index contributed by atoms with van der Waals surface area (Å²) in [6, 6.07) is 8.26. The van der Waals surface area contributed by atoms with Crippen LogP contribution < -0.4 is 9.64 Å². The Bertz CT molecular complexity index is 1530. The quantitative estimate of drug-likeness (QED) is 0.350. The third-order valence-electron chi connectivity index (χ3n) is 9.22. The van der Waals surface area contributed by atoms with E-state index in [2.05, 4.69) is 39.0 Å². The van der Waals surface area contributed by atoms with Crippen molar-refractivity contribution in [3.8, 4) is 16.9 Å². The summed E-state index contributed by atoms with van der Waals surface area (Å²) >= 11 is 0. The van der Waals surface area contributed by atoms with Crippen LogP contribution in [0.5, 0.6) is 5.75 Å². The topological polar surface area (TPSA) is 58.4 Å². The van der Waals surface area contributed by atoms with Crippen LogP contribution in [0.15, 0.2) is 42.9 Å². The molecule has 7 rings (SSSR count). The second kappa shape index (κ2) is 11.2. The van der Waals surface area contributed by atoms with E-state index in [9.17, 15) is 4.39 Å². The number of anilines is 1. The third kappa shape index (κ3) is 5.27. The first-order valence-electron chi connectivity index (χ1n) is 15.0. The summed E-state index contributed by atoms with van der Waals surface area (Å²) in [6.07, 6.45) is 9.96. The van der Waals surface area contributed by atoms with Gasteiger partial charge in [0.25, 0.3) is 0 Å². The van der Waals surface area contributed by atoms with Crippen LogP contribution in [0.3, 0.4) is 0 Å². The van der Waals surface area contributed by atoms with Gasteiger partial charge in [0.05, 0.1) is 36.8 Å². The molecule has 6 heterocycles. The summed E-state index contributed by atoms with van der Waals surface area (Å²) in [6.45, 7) is 9.92. The zero-order valence-electron chi connectivity index (χ0n) is 24.1. The minimum Gasteiger partial charge on any atom is -0.488 e. The van der Waals surface area contributed by atoms with E-state index in [-0.39, 0.29) is 11.9 Å². The molecule has 0 aliphatic carbocycles. The van der Waals surface area contributed by atoms with Gasteiger partial charge in [-0.3, -0.25) is 9.88 Å². The Labute approximate surface area is 240 Å². The van der Waals surface area contributed by atoms with Crippen molar-refractivity contribution in [2.75, 3.05) is 64.4 Å². The van der Waals surface area contributed by atoms with Crippen molar-refractivity contribution in [2.45, 2.75) is 44.8 Å². The minimum absolute atomic E-state index is 0.0963. The minimum atomic E-state index is -0.244. The molecule has 0 radical (unpaired) electrons. The Morgan fingerprint density at radius 3 is 2.51 bits per heavy atom. The van der Waals surface area contributed by atoms with E-state index >= 15 is 0 Å². The average Bonchev–Trinajstić information content (AvgIpc) is 3.43. The summed E-state index contributed by atoms with van der Waals surface area (Å²) in [4.78, 5) is 12.0. The Morgan fingerprint density at radius 1 is 0.951 bits per heavy atom. The van der Waals surface area contributed by atoms with Crippen LogP contribution >= 0.6 is 0 Å². The molecule has 8 nitrogen and oxygen atoms in total. The van der Waals surface area contributed by atoms with Crippen LogP contribution in [-0.2, 0) is 4.74 Å². The van der Waals surface area contributed by atoms with Crippen molar-refractivity contribution >= 4 is 22.1 Å². The third-order valence-corrected chi connectivity index (χ3v) is 9.22. The van der Waals surface area contributed by atoms with Gasteiger partial charge in [0.15, 0.2) is 0 Å². The van der Waals surface area contributed by atoms with Crippen molar-refractivity contribution in [1.29, 1.82) is 0 Å². The van der Waals surface area contributed by atoms with E-state index in [0.29, 0.717) is 30.3 Å². The molecule has 4 aromatic rings. The van der Waals surface area contributed by atoms with E-state index in [1.807, 2.05) is 22.8 Å². The number of hydrogen-bond acceptors (Lipinski definition) is 7. The van der Waals surface area contributed by atoms with E-state index in [1.165, 1.54) is 32.0 Å². The summed E-state index contributed by atoms with van der Waals surface area (Å²) in [5.41, 5.74) is 5.25. The standard InChI is InChI=1S/C32H39FN6O2/c1-22-17-27-26(3-8-34-30(27)19-29(22)33)28-20-35-39-21-24(18-31(32(28)39)41-25-6-15-40-16-7-25)37-9-4-23(5-10-37)38-13-11-36(2)12-14-38/h3,8,17-21,23,25H,4-7,9-16H2,1-2H3. The molecule has 3 aliphatic heterocycles. The van der Waals surface area contributed by atoms with Crippen molar-refractivity contribution in [1.82, 2.24) is 24.4 Å². The highest BCUT2D eigenvalue weighted by Gasteiger charge is 2.28. The molecule has 9 heteroatoms. The molecule has 0 amide bonds. The van der Waals surface area contributed by atoms with Gasteiger partial charge in [-0.15, -0.1) is 0 Å². The maximum atomic E-state index is 14.4. The Balaban J connectivity index is 1.23. The van der Waals surface area contributed by atoms with E-state index in [4.69, 9.17) is 14.6 Å². The van der Waals surface area contributed by atoms with Gasteiger partial charge in [0.1, 0.15) is 23.2 Å². The Morgan fingerprint density at radius 2 is 1.73 bits per heavy atom. The number of likely N-dealkylation sites (N-methyl/N-ethyl adjacent to an activating group) is 1. The molecule has 0 spiro atoms. The predicted octanol–water partition coefficient (Wildman–Crippen LogP) is 4.77. The lowest BCUT2D eigenvalue weighted by Crippen LogP contribution is -2.52. The van der Waals surface area contributed by atoms with Crippen LogP contribution in [-0.4, -0.2) is 96.1 Å². The van der Waals surface area contributed by atoms with Gasteiger partial charge in [0, 0.05) is 87.4 Å². The zero-order valence-corrected chi connectivity index (χ0v) is 24.1. The van der Waals surface area contributed by atoms with Crippen molar-refractivity contribution < 1.29 is 13.9 Å². The average molecular weight is 559 g/mol. The predicted molar refractivity (Wildman–Crippen MR) is 159 cm³/mol. The zero-order chi connectivity index (χ0) is 27.9. The van der Waals surface area contributed by atoms with E-state index in [1.54, 1.807) is 13.1 Å². The molecule has 0 saturated carbocycles. The molecule has 0 atom stereocenters. The fourth-order valence-corrected chi connectivity index (χ4v) is 6.69. The molecule has 216 valence electrons. The van der Waals surface area contributed by atoms with Crippen LogP contribution in [0.2, 0.25) is 0 Å². The Hall–Kier alpha value is -3.27. The number of nitrogens with zero attached hydrogens (tertiary/aromatic N) is 6. The van der Waals surface area contributed by atoms with Crippen molar-refractivity contribution in [3.63, 3.8) is 0 Å². The molecular weight excluding hydrogens is 519 g/mol. The van der Waals surface area contributed by atoms with Gasteiger partial charge >= 0.3 is 0 Å². The summed E-state index contributed by atoms with van der Waals surface area (Å²) in [7, 11) is 2.22. The first-order valence-corrected chi connectivity index (χ1v) is 15.0. The smallest absolute Gasteiger partial charge is 0.148 e. The fraction of sp³-hybridized carbons (Fsp3) is 0.500. The highest BCUT2D eigenvalue weighted by Crippen LogP contribution is 2.39. The molecule has 3 aliphatic rings. The second-order valence-corrected chi connectivity index (χ2v) is 11.9. The fourth-order valence-electron chi connectivity index (χ4n) is 6.69. The number of benzene rings is 1. The molecular formula is C32H39FN6O2. The van der Waals surface area contributed by atoms with Crippen LogP contribution in [0.25, 0.3) is 27.5 Å². The van der Waals surface area contributed by atoms with Gasteiger partial charge < -0.3 is 19.3 Å². The monoisotopic (exact) mass is 558 g/mol. The first-order chi connectivity index (χ1) is 20.0. The lowest BCUT2D eigenvalue weighted by atomic mass is 10.00. The Kier molecular flexibility index (Phi) is 7.27. The number of hydrogen-bond donors (Lipinski definition) is 0. The maximum absolute atomic E-state index is 14.4. The highest BCUT2D eigenvalue weighted by molar-refractivity contribution is 6.00. The van der Waals surface area contributed by atoms with Gasteiger partial charge in [-0.05, 0) is 50.1 Å². The molecule has 1 aromatic carbocycles. The van der Waals surface area contributed by atoms with Gasteiger partial charge in [-0.2, -0.15) is 5.10 Å². The SMILES string of the molecule is Cc1cc2c(-c3cnn4cc(N5CCC(N6CCN(C)CC6)CC5)cc(OC5CCOCC5)c34)ccnc2cc1F. The second-order valence-electron chi connectivity index (χ2n) is 11.9. The van der Waals surface area contributed by atoms with E-state index < -0.39 is 0 Å². The summed E-state index contributed by atoms with van der Waals surface area (Å²) in [5.74, 6) is 0.596. The summed E-state index contributed by atoms with van der Waals surface area (Å²) in [5, 5.41) is 5.74. The number of halogens is 1. The number of pyridine rings is 2. The van der Waals surface area contributed by atoms with Crippen molar-refractivity contribution in [3.05, 3.63) is 54.2 Å². The van der Waals surface area contributed by atoms with Crippen LogP contribution in [0.1, 0.15) is 31.2 Å². The van der Waals surface area contributed by atoms with Crippen LogP contribution in [0.4, 0.5) is 10.1 Å². The number of fused-ring (bicyclic) bond motifs is 2. The number of aryl methyl sites for hydroxylation is 1. The summed E-state index contributed by atoms with van der Waals surface area (Å²) < 4.78 is 28.7. The number of piperidine rings is 1. The number of aromatic nitrogens is 3. The first kappa shape index (κ1) is 26.6. The molecule has 0 N–H and O–H groups in total. The van der Waals surface area contributed by atoms with Gasteiger partial charge in [-0.25, -0.2) is 8.91 Å². The highest BCUT2D eigenvalue weighted by atomic mass is 19.1. The lowest BCUT2D eigenvalue weighted by Gasteiger charge is -2.42. The number of rotatable bonds is 5. The largest absolute Gasteiger partial charge is 0.488 e. The van der Waals surface area contributed by atoms with Gasteiger partial charge in [-0.1, -0.05) is 0 Å². The van der Waals surface area contributed by atoms with Crippen LogP contribution in [0, 0.1) is 12.7 Å². The molecule has 0 bridgehead atoms. The molecule has 3 fully saturated rings.